The maximum Gasteiger partial charge on any atom is 0.281 e. The third-order valence-electron chi connectivity index (χ3n) is 5.09. The molecular weight excluding hydrogens is 430 g/mol. The molecule has 0 fully saturated rings. The van der Waals surface area contributed by atoms with E-state index in [1.165, 1.54) is 4.09 Å². The summed E-state index contributed by atoms with van der Waals surface area (Å²) in [6, 6.07) is 19.8. The molecule has 0 atom stereocenters. The summed E-state index contributed by atoms with van der Waals surface area (Å²) >= 11 is 6.75. The van der Waals surface area contributed by atoms with E-state index in [9.17, 15) is 8.42 Å². The van der Waals surface area contributed by atoms with E-state index in [0.29, 0.717) is 21.6 Å². The third kappa shape index (κ3) is 3.42. The summed E-state index contributed by atoms with van der Waals surface area (Å²) in [6.07, 6.45) is 1.66. The lowest BCUT2D eigenvalue weighted by Crippen LogP contribution is -2.14. The summed E-state index contributed by atoms with van der Waals surface area (Å²) in [5.74, 6) is 0. The number of aromatic nitrogens is 3. The molecule has 2 heterocycles. The zero-order valence-corrected chi connectivity index (χ0v) is 19.0. The Balaban J connectivity index is 0.00000112. The highest BCUT2D eigenvalue weighted by Gasteiger charge is 2.22. The summed E-state index contributed by atoms with van der Waals surface area (Å²) in [6.45, 7) is 6.01. The second kappa shape index (κ2) is 8.21. The first-order chi connectivity index (χ1) is 15.0. The molecule has 31 heavy (non-hydrogen) atoms. The van der Waals surface area contributed by atoms with Crippen molar-refractivity contribution >= 4 is 43.4 Å². The first-order valence-electron chi connectivity index (χ1n) is 10.0. The van der Waals surface area contributed by atoms with Crippen LogP contribution >= 0.6 is 11.6 Å². The minimum Gasteiger partial charge on any atom is -0.291 e. The first-order valence-corrected chi connectivity index (χ1v) is 11.8. The fourth-order valence-electron chi connectivity index (χ4n) is 3.64. The number of hydrogen-bond donors (Lipinski definition) is 1. The highest BCUT2D eigenvalue weighted by Crippen LogP contribution is 2.39. The summed E-state index contributed by atoms with van der Waals surface area (Å²) < 4.78 is 27.3. The van der Waals surface area contributed by atoms with Gasteiger partial charge >= 0.3 is 0 Å². The number of hydrogen-bond acceptors (Lipinski definition) is 3. The molecule has 5 aromatic rings. The van der Waals surface area contributed by atoms with E-state index in [1.807, 2.05) is 45.0 Å². The van der Waals surface area contributed by atoms with Gasteiger partial charge in [0, 0.05) is 22.5 Å². The van der Waals surface area contributed by atoms with E-state index in [0.717, 1.165) is 22.0 Å². The van der Waals surface area contributed by atoms with Crippen LogP contribution in [0.2, 0.25) is 5.02 Å². The van der Waals surface area contributed by atoms with Crippen LogP contribution in [0.25, 0.3) is 33.1 Å². The molecule has 5 rings (SSSR count). The van der Waals surface area contributed by atoms with Crippen molar-refractivity contribution in [3.63, 3.8) is 0 Å². The molecule has 0 saturated carbocycles. The van der Waals surface area contributed by atoms with Gasteiger partial charge in [-0.3, -0.25) is 5.10 Å². The van der Waals surface area contributed by atoms with Crippen LogP contribution in [0.5, 0.6) is 0 Å². The maximum absolute atomic E-state index is 13.1. The van der Waals surface area contributed by atoms with Crippen molar-refractivity contribution in [1.29, 1.82) is 0 Å². The van der Waals surface area contributed by atoms with Crippen molar-refractivity contribution in [1.82, 2.24) is 14.2 Å². The van der Waals surface area contributed by atoms with Crippen molar-refractivity contribution in [2.75, 3.05) is 0 Å². The number of benzene rings is 3. The Morgan fingerprint density at radius 2 is 1.61 bits per heavy atom. The Hall–Kier alpha value is -3.09. The average molecular weight is 452 g/mol. The van der Waals surface area contributed by atoms with E-state index in [1.54, 1.807) is 48.7 Å². The van der Waals surface area contributed by atoms with Crippen molar-refractivity contribution in [3.05, 3.63) is 83.5 Å². The van der Waals surface area contributed by atoms with Crippen LogP contribution < -0.4 is 0 Å². The monoisotopic (exact) mass is 451 g/mol. The van der Waals surface area contributed by atoms with Gasteiger partial charge in [-0.15, -0.1) is 0 Å². The number of fused-ring (bicyclic) bond motifs is 3. The van der Waals surface area contributed by atoms with Crippen LogP contribution in [0.3, 0.4) is 0 Å². The van der Waals surface area contributed by atoms with Gasteiger partial charge in [-0.25, -0.2) is 4.98 Å². The van der Waals surface area contributed by atoms with Gasteiger partial charge in [0.05, 0.1) is 26.6 Å². The number of aromatic amines is 1. The molecular formula is C24H22ClN3O2S. The quantitative estimate of drug-likeness (QED) is 0.344. The van der Waals surface area contributed by atoms with Crippen LogP contribution in [0.4, 0.5) is 0 Å². The van der Waals surface area contributed by atoms with Gasteiger partial charge in [0.25, 0.3) is 10.0 Å². The second-order valence-corrected chi connectivity index (χ2v) is 9.00. The standard InChI is InChI=1S/C22H16ClN3O2S.C2H6/c1-14-7-5-6-10-16(14)22-21(23)20-17-13-24-26(19(17)12-11-18(20)25-22)29(27,28)15-8-3-2-4-9-15;1-2/h2-13,24H,1H3;1-2H3. The highest BCUT2D eigenvalue weighted by molar-refractivity contribution is 7.90. The van der Waals surface area contributed by atoms with Crippen LogP contribution in [0.15, 0.2) is 77.8 Å². The van der Waals surface area contributed by atoms with Crippen molar-refractivity contribution in [2.24, 2.45) is 0 Å². The molecule has 158 valence electrons. The molecule has 0 amide bonds. The maximum atomic E-state index is 13.1. The Morgan fingerprint density at radius 1 is 0.935 bits per heavy atom. The average Bonchev–Trinajstić information content (AvgIpc) is 3.38. The Bertz CT molecular complexity index is 1490. The Labute approximate surface area is 186 Å². The number of rotatable bonds is 3. The lowest BCUT2D eigenvalue weighted by atomic mass is 10.1. The van der Waals surface area contributed by atoms with Crippen LogP contribution in [-0.4, -0.2) is 22.6 Å². The Kier molecular flexibility index (Phi) is 5.60. The molecule has 0 aliphatic carbocycles. The molecule has 0 aliphatic heterocycles. The lowest BCUT2D eigenvalue weighted by Gasteiger charge is -2.07. The van der Waals surface area contributed by atoms with Gasteiger partial charge in [0.15, 0.2) is 0 Å². The van der Waals surface area contributed by atoms with Gasteiger partial charge in [0.1, 0.15) is 0 Å². The molecule has 0 spiro atoms. The number of aryl methyl sites for hydroxylation is 1. The van der Waals surface area contributed by atoms with E-state index >= 15 is 0 Å². The topological polar surface area (TPSA) is 67.8 Å². The van der Waals surface area contributed by atoms with Gasteiger partial charge in [0.2, 0.25) is 0 Å². The smallest absolute Gasteiger partial charge is 0.281 e. The number of nitrogens with one attached hydrogen (secondary N) is 1. The zero-order valence-electron chi connectivity index (χ0n) is 17.4. The van der Waals surface area contributed by atoms with Crippen molar-refractivity contribution < 1.29 is 8.42 Å². The van der Waals surface area contributed by atoms with E-state index in [2.05, 4.69) is 5.10 Å². The minimum atomic E-state index is -3.76. The first kappa shape index (κ1) is 21.2. The Morgan fingerprint density at radius 3 is 2.32 bits per heavy atom. The van der Waals surface area contributed by atoms with Gasteiger partial charge in [-0.05, 0) is 36.8 Å². The van der Waals surface area contributed by atoms with E-state index in [-0.39, 0.29) is 4.90 Å². The van der Waals surface area contributed by atoms with E-state index in [4.69, 9.17) is 16.6 Å². The van der Waals surface area contributed by atoms with Crippen molar-refractivity contribution in [3.8, 4) is 11.3 Å². The minimum absolute atomic E-state index is 0.209. The van der Waals surface area contributed by atoms with Gasteiger partial charge in [-0.2, -0.15) is 12.5 Å². The van der Waals surface area contributed by atoms with Crippen molar-refractivity contribution in [2.45, 2.75) is 25.7 Å². The largest absolute Gasteiger partial charge is 0.291 e. The normalized spacial score (nSPS) is 11.5. The molecule has 3 aromatic carbocycles. The van der Waals surface area contributed by atoms with Gasteiger partial charge in [-0.1, -0.05) is 67.9 Å². The zero-order chi connectivity index (χ0) is 22.2. The van der Waals surface area contributed by atoms with Gasteiger partial charge < -0.3 is 0 Å². The molecule has 1 N–H and O–H groups in total. The molecule has 2 aromatic heterocycles. The highest BCUT2D eigenvalue weighted by atomic mass is 35.5. The molecule has 0 aliphatic rings. The summed E-state index contributed by atoms with van der Waals surface area (Å²) in [7, 11) is -3.76. The lowest BCUT2D eigenvalue weighted by molar-refractivity contribution is 0.582. The number of H-pyrrole nitrogens is 1. The molecule has 0 radical (unpaired) electrons. The van der Waals surface area contributed by atoms with E-state index < -0.39 is 10.0 Å². The summed E-state index contributed by atoms with van der Waals surface area (Å²) in [4.78, 5) is 4.93. The number of nitrogens with zero attached hydrogens (tertiary/aromatic N) is 2. The van der Waals surface area contributed by atoms with Crippen LogP contribution in [0.1, 0.15) is 19.4 Å². The molecule has 0 unspecified atom stereocenters. The SMILES string of the molecule is CC.Cc1ccccc1-c1nc2ccc3c(c[nH]n3S(=O)(=O)c3ccccc3)c2c1Cl. The summed E-state index contributed by atoms with van der Waals surface area (Å²) in [5, 5.41) is 4.84. The second-order valence-electron chi connectivity index (χ2n) is 6.84. The molecule has 7 heteroatoms. The molecule has 0 bridgehead atoms. The molecule has 5 nitrogen and oxygen atoms in total. The number of halogens is 1. The van der Waals surface area contributed by atoms with Crippen LogP contribution in [0, 0.1) is 6.92 Å². The summed E-state index contributed by atoms with van der Waals surface area (Å²) in [5.41, 5.74) is 3.98. The fourth-order valence-corrected chi connectivity index (χ4v) is 5.30. The third-order valence-corrected chi connectivity index (χ3v) is 7.11. The molecule has 0 saturated heterocycles. The predicted octanol–water partition coefficient (Wildman–Crippen LogP) is 6.41. The fraction of sp³-hybridized carbons (Fsp3) is 0.125. The van der Waals surface area contributed by atoms with Crippen LogP contribution in [-0.2, 0) is 10.0 Å². The predicted molar refractivity (Wildman–Crippen MR) is 127 cm³/mol.